The average Bonchev–Trinajstić information content (AvgIpc) is 3.72. The minimum absolute atomic E-state index is 0.0127. The first kappa shape index (κ1) is 37.2. The fourth-order valence-electron chi connectivity index (χ4n) is 7.78. The molecule has 3 aliphatic rings. The zero-order valence-corrected chi connectivity index (χ0v) is 32.5. The van der Waals surface area contributed by atoms with Crippen molar-refractivity contribution in [2.75, 3.05) is 19.0 Å². The number of nitrogens with zero attached hydrogens (tertiary/aromatic N) is 1. The summed E-state index contributed by atoms with van der Waals surface area (Å²) in [5.74, 6) is 1.77. The predicted molar refractivity (Wildman–Crippen MR) is 220 cm³/mol. The molecule has 1 heterocycles. The lowest BCUT2D eigenvalue weighted by molar-refractivity contribution is -0.114. The Hall–Kier alpha value is -4.08. The Morgan fingerprint density at radius 3 is 2.53 bits per heavy atom. The number of carbonyl (C=O) groups excluding carboxylic acids is 1. The summed E-state index contributed by atoms with van der Waals surface area (Å²) in [6.45, 7) is 7.94. The highest BCUT2D eigenvalue weighted by Gasteiger charge is 2.29. The molecule has 4 N–H and O–H groups in total. The van der Waals surface area contributed by atoms with E-state index in [4.69, 9.17) is 43.7 Å². The number of halogens is 2. The number of methoxy groups -OCH3 is 1. The molecule has 0 saturated heterocycles. The van der Waals surface area contributed by atoms with Gasteiger partial charge in [0.2, 0.25) is 0 Å². The molecule has 4 unspecified atom stereocenters. The molecule has 0 spiro atoms. The van der Waals surface area contributed by atoms with Crippen molar-refractivity contribution in [1.82, 2.24) is 10.3 Å². The number of benzene rings is 3. The van der Waals surface area contributed by atoms with Gasteiger partial charge in [-0.15, -0.1) is 11.3 Å². The SMILES string of the molecule is C=C1C=Cc2sc(CCC3CCC(=N)C(=O)C3)nc2C1Nc1cccc(-c2cccc(-c3ccc(CNCC4CCC(C)C4=N)c(OC)c3)c2Cl)c1Cl. The monoisotopic (exact) mass is 765 g/mol. The minimum Gasteiger partial charge on any atom is -0.496 e. The van der Waals surface area contributed by atoms with Gasteiger partial charge in [-0.05, 0) is 79.7 Å². The van der Waals surface area contributed by atoms with E-state index in [0.717, 1.165) is 105 Å². The lowest BCUT2D eigenvalue weighted by Gasteiger charge is -2.24. The summed E-state index contributed by atoms with van der Waals surface area (Å²) in [5, 5.41) is 25.5. The van der Waals surface area contributed by atoms with Gasteiger partial charge >= 0.3 is 0 Å². The Kier molecular flexibility index (Phi) is 11.3. The van der Waals surface area contributed by atoms with Gasteiger partial charge in [0.15, 0.2) is 5.78 Å². The number of hydrogen-bond acceptors (Lipinski definition) is 8. The molecule has 274 valence electrons. The van der Waals surface area contributed by atoms with Gasteiger partial charge < -0.3 is 26.2 Å². The number of aromatic nitrogens is 1. The minimum atomic E-state index is -0.249. The van der Waals surface area contributed by atoms with Crippen LogP contribution in [0.5, 0.6) is 5.75 Å². The van der Waals surface area contributed by atoms with Gasteiger partial charge in [0.25, 0.3) is 0 Å². The maximum atomic E-state index is 12.1. The molecular weight excluding hydrogens is 721 g/mol. The van der Waals surface area contributed by atoms with Gasteiger partial charge in [-0.3, -0.25) is 4.79 Å². The van der Waals surface area contributed by atoms with Gasteiger partial charge in [-0.25, -0.2) is 4.98 Å². The van der Waals surface area contributed by atoms with Crippen LogP contribution >= 0.6 is 34.5 Å². The summed E-state index contributed by atoms with van der Waals surface area (Å²) in [6.07, 6.45) is 9.91. The van der Waals surface area contributed by atoms with Crippen molar-refractivity contribution in [2.45, 2.75) is 64.5 Å². The van der Waals surface area contributed by atoms with Crippen LogP contribution in [0.25, 0.3) is 28.3 Å². The second kappa shape index (κ2) is 16.1. The van der Waals surface area contributed by atoms with Crippen molar-refractivity contribution >= 4 is 63.5 Å². The van der Waals surface area contributed by atoms with Crippen LogP contribution in [0.1, 0.15) is 72.6 Å². The van der Waals surface area contributed by atoms with E-state index in [0.29, 0.717) is 47.2 Å². The standard InChI is InChI=1S/C43H45Cl2N5O2S/c1-24-10-14-29(41(24)47)23-48-22-28-16-15-27(21-36(28)52-3)30-6-4-7-31(39(30)44)32-8-5-9-34(40(32)45)49-42-25(2)11-18-37-43(42)50-38(53-37)19-13-26-12-17-33(46)35(51)20-26/h4-9,11,15-16,18,21,24,26,29,42,46-49H,2,10,12-14,17,19-20,22-23H2,1,3H3. The van der Waals surface area contributed by atoms with Gasteiger partial charge in [0, 0.05) is 53.4 Å². The number of hydrogen-bond donors (Lipinski definition) is 4. The van der Waals surface area contributed by atoms with E-state index >= 15 is 0 Å². The van der Waals surface area contributed by atoms with E-state index in [1.165, 1.54) is 0 Å². The lowest BCUT2D eigenvalue weighted by Crippen LogP contribution is -2.26. The third-order valence-electron chi connectivity index (χ3n) is 11.0. The summed E-state index contributed by atoms with van der Waals surface area (Å²) in [6, 6.07) is 17.9. The van der Waals surface area contributed by atoms with Crippen LogP contribution < -0.4 is 15.4 Å². The Bertz CT molecular complexity index is 2120. The number of ketones is 1. The van der Waals surface area contributed by atoms with Crippen molar-refractivity contribution in [2.24, 2.45) is 17.8 Å². The first-order chi connectivity index (χ1) is 25.6. The number of Topliss-reactive ketones (excluding diaryl/α,β-unsaturated/α-hetero) is 1. The third kappa shape index (κ3) is 7.92. The molecule has 0 aliphatic heterocycles. The molecule has 2 saturated carbocycles. The normalized spacial score (nSPS) is 21.3. The zero-order valence-electron chi connectivity index (χ0n) is 30.2. The molecule has 1 aromatic heterocycles. The number of rotatable bonds is 12. The van der Waals surface area contributed by atoms with E-state index in [9.17, 15) is 4.79 Å². The number of aryl methyl sites for hydroxylation is 1. The molecule has 7 rings (SSSR count). The molecule has 3 aromatic carbocycles. The van der Waals surface area contributed by atoms with Crippen LogP contribution in [0.4, 0.5) is 5.69 Å². The largest absolute Gasteiger partial charge is 0.496 e. The van der Waals surface area contributed by atoms with Crippen LogP contribution in [0.2, 0.25) is 10.0 Å². The highest BCUT2D eigenvalue weighted by molar-refractivity contribution is 7.12. The van der Waals surface area contributed by atoms with Crippen molar-refractivity contribution in [1.29, 1.82) is 10.8 Å². The Labute approximate surface area is 325 Å². The van der Waals surface area contributed by atoms with Crippen molar-refractivity contribution in [3.8, 4) is 28.0 Å². The van der Waals surface area contributed by atoms with E-state index in [1.54, 1.807) is 18.4 Å². The molecule has 4 aromatic rings. The number of thiazole rings is 1. The topological polar surface area (TPSA) is 111 Å². The number of carbonyl (C=O) groups is 1. The van der Waals surface area contributed by atoms with E-state index in [1.807, 2.05) is 48.5 Å². The van der Waals surface area contributed by atoms with Crippen molar-refractivity contribution in [3.05, 3.63) is 104 Å². The molecule has 2 fully saturated rings. The second-order valence-electron chi connectivity index (χ2n) is 14.5. The van der Waals surface area contributed by atoms with E-state index in [2.05, 4.69) is 42.3 Å². The van der Waals surface area contributed by atoms with Crippen LogP contribution in [0.3, 0.4) is 0 Å². The van der Waals surface area contributed by atoms with Crippen LogP contribution in [0.15, 0.2) is 72.8 Å². The first-order valence-electron chi connectivity index (χ1n) is 18.4. The highest BCUT2D eigenvalue weighted by atomic mass is 35.5. The number of ether oxygens (including phenoxy) is 1. The van der Waals surface area contributed by atoms with E-state index in [-0.39, 0.29) is 17.5 Å². The molecule has 0 amide bonds. The van der Waals surface area contributed by atoms with Crippen LogP contribution in [-0.2, 0) is 17.8 Å². The smallest absolute Gasteiger partial charge is 0.176 e. The summed E-state index contributed by atoms with van der Waals surface area (Å²) in [5.41, 5.74) is 8.24. The summed E-state index contributed by atoms with van der Waals surface area (Å²) >= 11 is 16.1. The average molecular weight is 767 g/mol. The fourth-order valence-corrected chi connectivity index (χ4v) is 9.42. The van der Waals surface area contributed by atoms with Gasteiger partial charge in [-0.1, -0.05) is 85.2 Å². The third-order valence-corrected chi connectivity index (χ3v) is 12.9. The maximum absolute atomic E-state index is 12.1. The van der Waals surface area contributed by atoms with Gasteiger partial charge in [-0.2, -0.15) is 0 Å². The van der Waals surface area contributed by atoms with Crippen molar-refractivity contribution in [3.63, 3.8) is 0 Å². The molecular formula is C43H45Cl2N5O2S. The van der Waals surface area contributed by atoms with E-state index < -0.39 is 0 Å². The maximum Gasteiger partial charge on any atom is 0.176 e. The zero-order chi connectivity index (χ0) is 37.2. The van der Waals surface area contributed by atoms with Crippen LogP contribution in [0, 0.1) is 28.6 Å². The molecule has 4 atom stereocenters. The quantitative estimate of drug-likeness (QED) is 0.115. The molecule has 3 aliphatic carbocycles. The van der Waals surface area contributed by atoms with Gasteiger partial charge in [0.1, 0.15) is 5.75 Å². The van der Waals surface area contributed by atoms with Crippen molar-refractivity contribution < 1.29 is 9.53 Å². The van der Waals surface area contributed by atoms with Crippen LogP contribution in [-0.4, -0.2) is 35.8 Å². The Morgan fingerprint density at radius 1 is 1.00 bits per heavy atom. The number of anilines is 1. The predicted octanol–water partition coefficient (Wildman–Crippen LogP) is 11.0. The molecule has 7 nitrogen and oxygen atoms in total. The summed E-state index contributed by atoms with van der Waals surface area (Å²) in [4.78, 5) is 18.2. The first-order valence-corrected chi connectivity index (χ1v) is 20.0. The highest BCUT2D eigenvalue weighted by Crippen LogP contribution is 2.44. The molecule has 10 heteroatoms. The Morgan fingerprint density at radius 2 is 1.77 bits per heavy atom. The molecule has 53 heavy (non-hydrogen) atoms. The van der Waals surface area contributed by atoms with Gasteiger partial charge in [0.05, 0.1) is 50.2 Å². The molecule has 0 bridgehead atoms. The lowest BCUT2D eigenvalue weighted by atomic mass is 9.84. The second-order valence-corrected chi connectivity index (χ2v) is 16.4. The summed E-state index contributed by atoms with van der Waals surface area (Å²) < 4.78 is 5.82. The summed E-state index contributed by atoms with van der Waals surface area (Å²) in [7, 11) is 1.69. The molecule has 0 radical (unpaired) electrons. The fraction of sp³-hybridized carbons (Fsp3) is 0.349. The number of fused-ring (bicyclic) bond motifs is 1. The Balaban J connectivity index is 1.07. The number of nitrogens with one attached hydrogen (secondary N) is 4.